The number of nitrogens with one attached hydrogen (secondary N) is 1. The molecule has 24 heavy (non-hydrogen) atoms. The number of carbonyl (C=O) groups excluding carboxylic acids is 1. The molecule has 0 saturated heterocycles. The molecular weight excluding hydrogens is 326 g/mol. The summed E-state index contributed by atoms with van der Waals surface area (Å²) >= 11 is 5.77. The first kappa shape index (κ1) is 16.7. The third-order valence-corrected chi connectivity index (χ3v) is 4.42. The molecule has 5 nitrogen and oxygen atoms in total. The van der Waals surface area contributed by atoms with E-state index < -0.39 is 0 Å². The van der Waals surface area contributed by atoms with Crippen LogP contribution in [0.3, 0.4) is 0 Å². The number of hydrogen-bond donors (Lipinski definition) is 2. The van der Waals surface area contributed by atoms with Crippen LogP contribution in [0.5, 0.6) is 0 Å². The molecule has 2 atom stereocenters. The quantitative estimate of drug-likeness (QED) is 0.816. The number of nitrogens with two attached hydrogens (primary N) is 1. The van der Waals surface area contributed by atoms with Crippen molar-refractivity contribution in [3.63, 3.8) is 0 Å². The largest absolute Gasteiger partial charge is 0.383 e. The summed E-state index contributed by atoms with van der Waals surface area (Å²) < 4.78 is 6.01. The van der Waals surface area contributed by atoms with Crippen LogP contribution in [0.25, 0.3) is 0 Å². The molecule has 1 fully saturated rings. The average molecular weight is 346 g/mol. The molecule has 3 rings (SSSR count). The van der Waals surface area contributed by atoms with Crippen molar-refractivity contribution >= 4 is 23.3 Å². The minimum Gasteiger partial charge on any atom is -0.383 e. The van der Waals surface area contributed by atoms with Gasteiger partial charge in [0, 0.05) is 0 Å². The van der Waals surface area contributed by atoms with Gasteiger partial charge in [0.25, 0.3) is 5.91 Å². The summed E-state index contributed by atoms with van der Waals surface area (Å²) in [7, 11) is 0. The molecule has 3 N–H and O–H groups in total. The molecule has 1 aliphatic rings. The number of pyridine rings is 1. The molecule has 1 saturated carbocycles. The zero-order valence-electron chi connectivity index (χ0n) is 13.2. The molecular formula is C18H20ClN3O2. The smallest absolute Gasteiger partial charge is 0.255 e. The van der Waals surface area contributed by atoms with Crippen molar-refractivity contribution in [2.45, 2.75) is 38.0 Å². The van der Waals surface area contributed by atoms with E-state index in [4.69, 9.17) is 22.1 Å². The Labute approximate surface area is 146 Å². The summed E-state index contributed by atoms with van der Waals surface area (Å²) in [4.78, 5) is 16.3. The van der Waals surface area contributed by atoms with Crippen LogP contribution in [0.15, 0.2) is 42.5 Å². The maximum atomic E-state index is 12.4. The van der Waals surface area contributed by atoms with E-state index in [0.717, 1.165) is 24.8 Å². The number of anilines is 1. The third-order valence-electron chi connectivity index (χ3n) is 4.21. The zero-order chi connectivity index (χ0) is 16.9. The Kier molecular flexibility index (Phi) is 5.33. The standard InChI is InChI=1S/C18H20ClN3O2/c19-16-10-9-13(17(20)22-16)18(23)21-14-7-4-8-15(14)24-11-12-5-2-1-3-6-12/h1-3,5-6,9-10,14-15H,4,7-8,11H2,(H2,20,22)(H,21,23)/t14-,15?/m0/s1. The topological polar surface area (TPSA) is 77.2 Å². The highest BCUT2D eigenvalue weighted by Crippen LogP contribution is 2.24. The number of nitrogens with zero attached hydrogens (tertiary/aromatic N) is 1. The number of carbonyl (C=O) groups is 1. The van der Waals surface area contributed by atoms with E-state index in [1.807, 2.05) is 30.3 Å². The summed E-state index contributed by atoms with van der Waals surface area (Å²) in [6, 6.07) is 13.2. The molecule has 1 aromatic carbocycles. The number of ether oxygens (including phenoxy) is 1. The summed E-state index contributed by atoms with van der Waals surface area (Å²) in [5, 5.41) is 3.29. The van der Waals surface area contributed by atoms with Gasteiger partial charge in [0.05, 0.1) is 24.3 Å². The van der Waals surface area contributed by atoms with Gasteiger partial charge in [0.1, 0.15) is 11.0 Å². The van der Waals surface area contributed by atoms with Gasteiger partial charge in [-0.3, -0.25) is 4.79 Å². The van der Waals surface area contributed by atoms with Crippen LogP contribution in [0.4, 0.5) is 5.82 Å². The SMILES string of the molecule is Nc1nc(Cl)ccc1C(=O)N[C@H]1CCCC1OCc1ccccc1. The predicted octanol–water partition coefficient (Wildman–Crippen LogP) is 3.18. The summed E-state index contributed by atoms with van der Waals surface area (Å²) in [5.74, 6) is -0.100. The highest BCUT2D eigenvalue weighted by atomic mass is 35.5. The lowest BCUT2D eigenvalue weighted by atomic mass is 10.1. The Morgan fingerprint density at radius 3 is 2.79 bits per heavy atom. The molecule has 2 aromatic rings. The minimum atomic E-state index is -0.239. The second-order valence-electron chi connectivity index (χ2n) is 5.91. The highest BCUT2D eigenvalue weighted by Gasteiger charge is 2.30. The molecule has 0 aliphatic heterocycles. The van der Waals surface area contributed by atoms with Crippen molar-refractivity contribution in [3.05, 3.63) is 58.7 Å². The highest BCUT2D eigenvalue weighted by molar-refractivity contribution is 6.29. The van der Waals surface area contributed by atoms with Crippen molar-refractivity contribution in [2.75, 3.05) is 5.73 Å². The van der Waals surface area contributed by atoms with Crippen LogP contribution >= 0.6 is 11.6 Å². The molecule has 1 unspecified atom stereocenters. The maximum Gasteiger partial charge on any atom is 0.255 e. The van der Waals surface area contributed by atoms with E-state index in [9.17, 15) is 4.79 Å². The van der Waals surface area contributed by atoms with Crippen LogP contribution in [-0.2, 0) is 11.3 Å². The van der Waals surface area contributed by atoms with Crippen LogP contribution < -0.4 is 11.1 Å². The van der Waals surface area contributed by atoms with Gasteiger partial charge in [0.2, 0.25) is 0 Å². The van der Waals surface area contributed by atoms with Crippen molar-refractivity contribution < 1.29 is 9.53 Å². The number of benzene rings is 1. The summed E-state index contributed by atoms with van der Waals surface area (Å²) in [6.07, 6.45) is 2.87. The molecule has 1 amide bonds. The first-order valence-corrected chi connectivity index (χ1v) is 8.39. The molecule has 1 aromatic heterocycles. The second-order valence-corrected chi connectivity index (χ2v) is 6.30. The number of rotatable bonds is 5. The van der Waals surface area contributed by atoms with E-state index >= 15 is 0 Å². The Morgan fingerprint density at radius 2 is 2.04 bits per heavy atom. The zero-order valence-corrected chi connectivity index (χ0v) is 14.0. The number of halogens is 1. The van der Waals surface area contributed by atoms with Gasteiger partial charge in [0.15, 0.2) is 0 Å². The average Bonchev–Trinajstić information content (AvgIpc) is 3.01. The number of nitrogen functional groups attached to an aromatic ring is 1. The van der Waals surface area contributed by atoms with Gasteiger partial charge < -0.3 is 15.8 Å². The third kappa shape index (κ3) is 4.04. The van der Waals surface area contributed by atoms with Crippen molar-refractivity contribution in [1.29, 1.82) is 0 Å². The lowest BCUT2D eigenvalue weighted by molar-refractivity contribution is 0.0272. The van der Waals surface area contributed by atoms with Crippen LogP contribution in [0.1, 0.15) is 35.2 Å². The molecule has 0 bridgehead atoms. The summed E-state index contributed by atoms with van der Waals surface area (Å²) in [6.45, 7) is 0.544. The number of amides is 1. The number of hydrogen-bond acceptors (Lipinski definition) is 4. The minimum absolute atomic E-state index is 0.00985. The maximum absolute atomic E-state index is 12.4. The van der Waals surface area contributed by atoms with E-state index in [1.54, 1.807) is 12.1 Å². The van der Waals surface area contributed by atoms with Gasteiger partial charge >= 0.3 is 0 Å². The lowest BCUT2D eigenvalue weighted by Gasteiger charge is -2.22. The Hall–Kier alpha value is -2.11. The van der Waals surface area contributed by atoms with E-state index in [-0.39, 0.29) is 29.0 Å². The van der Waals surface area contributed by atoms with Gasteiger partial charge in [-0.15, -0.1) is 0 Å². The van der Waals surface area contributed by atoms with Gasteiger partial charge in [-0.05, 0) is 37.0 Å². The van der Waals surface area contributed by atoms with E-state index in [0.29, 0.717) is 12.2 Å². The second kappa shape index (κ2) is 7.64. The van der Waals surface area contributed by atoms with Gasteiger partial charge in [-0.25, -0.2) is 4.98 Å². The Morgan fingerprint density at radius 1 is 1.25 bits per heavy atom. The molecule has 1 aliphatic carbocycles. The van der Waals surface area contributed by atoms with E-state index in [2.05, 4.69) is 10.3 Å². The summed E-state index contributed by atoms with van der Waals surface area (Å²) in [5.41, 5.74) is 7.24. The molecule has 1 heterocycles. The fourth-order valence-corrected chi connectivity index (χ4v) is 3.11. The first-order chi connectivity index (χ1) is 11.6. The molecule has 126 valence electrons. The molecule has 0 spiro atoms. The fourth-order valence-electron chi connectivity index (χ4n) is 2.96. The normalized spacial score (nSPS) is 20.0. The van der Waals surface area contributed by atoms with Crippen LogP contribution in [0.2, 0.25) is 5.15 Å². The Bertz CT molecular complexity index is 709. The van der Waals surface area contributed by atoms with Gasteiger partial charge in [-0.2, -0.15) is 0 Å². The molecule has 6 heteroatoms. The van der Waals surface area contributed by atoms with Crippen LogP contribution in [0, 0.1) is 0 Å². The van der Waals surface area contributed by atoms with Crippen LogP contribution in [-0.4, -0.2) is 23.0 Å². The predicted molar refractivity (Wildman–Crippen MR) is 93.8 cm³/mol. The lowest BCUT2D eigenvalue weighted by Crippen LogP contribution is -2.41. The monoisotopic (exact) mass is 345 g/mol. The van der Waals surface area contributed by atoms with Crippen molar-refractivity contribution in [3.8, 4) is 0 Å². The van der Waals surface area contributed by atoms with Crippen molar-refractivity contribution in [1.82, 2.24) is 10.3 Å². The van der Waals surface area contributed by atoms with Gasteiger partial charge in [-0.1, -0.05) is 41.9 Å². The Balaban J connectivity index is 1.60. The molecule has 0 radical (unpaired) electrons. The van der Waals surface area contributed by atoms with Crippen molar-refractivity contribution in [2.24, 2.45) is 0 Å². The van der Waals surface area contributed by atoms with E-state index in [1.165, 1.54) is 0 Å². The fraction of sp³-hybridized carbons (Fsp3) is 0.333. The first-order valence-electron chi connectivity index (χ1n) is 8.02. The number of aromatic nitrogens is 1.